The average Bonchev–Trinajstić information content (AvgIpc) is 3.02. The van der Waals surface area contributed by atoms with Gasteiger partial charge in [0.2, 0.25) is 0 Å². The second kappa shape index (κ2) is 4.58. The molecule has 1 heterocycles. The number of epoxide rings is 1. The largest absolute Gasteiger partial charge is 0.466 e. The maximum atomic E-state index is 11.6. The number of fused-ring (bicyclic) bond motifs is 1. The summed E-state index contributed by atoms with van der Waals surface area (Å²) < 4.78 is 10.3. The summed E-state index contributed by atoms with van der Waals surface area (Å²) in [5.41, 5.74) is 0.812. The van der Waals surface area contributed by atoms with Gasteiger partial charge in [-0.3, -0.25) is 0 Å². The number of hydrogen-bond acceptors (Lipinski definition) is 3. The van der Waals surface area contributed by atoms with Crippen LogP contribution in [0.25, 0.3) is 0 Å². The van der Waals surface area contributed by atoms with Gasteiger partial charge in [-0.1, -0.05) is 19.9 Å². The van der Waals surface area contributed by atoms with Gasteiger partial charge in [0.1, 0.15) is 0 Å². The predicted octanol–water partition coefficient (Wildman–Crippen LogP) is 2.31. The van der Waals surface area contributed by atoms with Crippen molar-refractivity contribution in [2.75, 3.05) is 7.11 Å². The van der Waals surface area contributed by atoms with Crippen molar-refractivity contribution in [2.45, 2.75) is 45.3 Å². The van der Waals surface area contributed by atoms with E-state index >= 15 is 0 Å². The van der Waals surface area contributed by atoms with Crippen LogP contribution in [-0.4, -0.2) is 25.3 Å². The van der Waals surface area contributed by atoms with E-state index < -0.39 is 0 Å². The van der Waals surface area contributed by atoms with E-state index in [0.717, 1.165) is 24.8 Å². The quantitative estimate of drug-likeness (QED) is 0.419. The van der Waals surface area contributed by atoms with Crippen LogP contribution in [0.15, 0.2) is 11.6 Å². The van der Waals surface area contributed by atoms with Gasteiger partial charge >= 0.3 is 5.97 Å². The molecule has 1 saturated carbocycles. The number of rotatable bonds is 3. The Hall–Kier alpha value is -0.830. The van der Waals surface area contributed by atoms with E-state index in [4.69, 9.17) is 9.47 Å². The highest BCUT2D eigenvalue weighted by molar-refractivity contribution is 5.88. The molecule has 3 unspecified atom stereocenters. The third-order valence-electron chi connectivity index (χ3n) is 3.50. The van der Waals surface area contributed by atoms with Crippen LogP contribution < -0.4 is 0 Å². The van der Waals surface area contributed by atoms with E-state index in [1.807, 2.05) is 13.8 Å². The van der Waals surface area contributed by atoms with Gasteiger partial charge in [0.05, 0.1) is 19.3 Å². The number of allylic oxidation sites excluding steroid dienone is 1. The number of methoxy groups -OCH3 is 1. The average molecular weight is 224 g/mol. The molecule has 3 heteroatoms. The lowest BCUT2D eigenvalue weighted by Gasteiger charge is -2.18. The van der Waals surface area contributed by atoms with Crippen molar-refractivity contribution in [2.24, 2.45) is 11.8 Å². The molecule has 1 aliphatic heterocycles. The third kappa shape index (κ3) is 2.46. The molecule has 3 atom stereocenters. The molecule has 0 aromatic heterocycles. The second-order valence-corrected chi connectivity index (χ2v) is 5.05. The van der Waals surface area contributed by atoms with E-state index in [9.17, 15) is 4.79 Å². The number of hydrogen-bond donors (Lipinski definition) is 0. The first-order valence-corrected chi connectivity index (χ1v) is 6.07. The van der Waals surface area contributed by atoms with E-state index in [1.54, 1.807) is 0 Å². The van der Waals surface area contributed by atoms with Crippen LogP contribution in [0.1, 0.15) is 33.1 Å². The zero-order valence-electron chi connectivity index (χ0n) is 10.2. The first kappa shape index (κ1) is 11.6. The van der Waals surface area contributed by atoms with E-state index in [0.29, 0.717) is 18.1 Å². The molecule has 0 N–H and O–H groups in total. The Labute approximate surface area is 96.8 Å². The predicted molar refractivity (Wildman–Crippen MR) is 60.9 cm³/mol. The summed E-state index contributed by atoms with van der Waals surface area (Å²) >= 11 is 0. The van der Waals surface area contributed by atoms with E-state index in [1.165, 1.54) is 7.11 Å². The molecule has 16 heavy (non-hydrogen) atoms. The Bertz CT molecular complexity index is 306. The molecule has 2 rings (SSSR count). The molecule has 3 nitrogen and oxygen atoms in total. The van der Waals surface area contributed by atoms with Gasteiger partial charge in [0.25, 0.3) is 0 Å². The maximum Gasteiger partial charge on any atom is 0.333 e. The number of carbonyl (C=O) groups is 1. The fraction of sp³-hybridized carbons (Fsp3) is 0.769. The molecule has 0 amide bonds. The Morgan fingerprint density at radius 1 is 1.38 bits per heavy atom. The molecule has 1 aliphatic carbocycles. The highest BCUT2D eigenvalue weighted by Crippen LogP contribution is 2.40. The molecule has 2 aliphatic rings. The summed E-state index contributed by atoms with van der Waals surface area (Å²) in [5, 5.41) is 0. The van der Waals surface area contributed by atoms with Gasteiger partial charge in [-0.25, -0.2) is 4.79 Å². The molecule has 0 aromatic carbocycles. The van der Waals surface area contributed by atoms with Crippen LogP contribution in [0.3, 0.4) is 0 Å². The molecular formula is C13H20O3. The van der Waals surface area contributed by atoms with Crippen LogP contribution in [0.4, 0.5) is 0 Å². The second-order valence-electron chi connectivity index (χ2n) is 5.05. The molecule has 1 saturated heterocycles. The summed E-state index contributed by atoms with van der Waals surface area (Å²) in [4.78, 5) is 11.6. The highest BCUT2D eigenvalue weighted by atomic mass is 16.6. The monoisotopic (exact) mass is 224 g/mol. The number of ether oxygens (including phenoxy) is 2. The Balaban J connectivity index is 2.03. The Morgan fingerprint density at radius 2 is 2.12 bits per heavy atom. The smallest absolute Gasteiger partial charge is 0.333 e. The van der Waals surface area contributed by atoms with Crippen molar-refractivity contribution >= 4 is 5.97 Å². The lowest BCUT2D eigenvalue weighted by molar-refractivity contribution is -0.136. The van der Waals surface area contributed by atoms with Crippen LogP contribution >= 0.6 is 0 Å². The van der Waals surface area contributed by atoms with Crippen molar-refractivity contribution in [3.8, 4) is 0 Å². The van der Waals surface area contributed by atoms with E-state index in [-0.39, 0.29) is 11.9 Å². The van der Waals surface area contributed by atoms with Gasteiger partial charge < -0.3 is 9.47 Å². The van der Waals surface area contributed by atoms with Gasteiger partial charge in [-0.2, -0.15) is 0 Å². The van der Waals surface area contributed by atoms with E-state index in [2.05, 4.69) is 6.08 Å². The van der Waals surface area contributed by atoms with Gasteiger partial charge in [-0.05, 0) is 31.1 Å². The molecule has 90 valence electrons. The minimum Gasteiger partial charge on any atom is -0.466 e. The van der Waals surface area contributed by atoms with Crippen molar-refractivity contribution in [1.29, 1.82) is 0 Å². The Kier molecular flexibility index (Phi) is 3.33. The summed E-state index contributed by atoms with van der Waals surface area (Å²) in [7, 11) is 1.44. The molecule has 0 spiro atoms. The molecular weight excluding hydrogens is 204 g/mol. The fourth-order valence-corrected chi connectivity index (χ4v) is 2.45. The molecule has 0 bridgehead atoms. The van der Waals surface area contributed by atoms with Crippen molar-refractivity contribution in [3.63, 3.8) is 0 Å². The lowest BCUT2D eigenvalue weighted by atomic mass is 9.86. The molecule has 0 radical (unpaired) electrons. The van der Waals surface area contributed by atoms with Crippen molar-refractivity contribution in [3.05, 3.63) is 11.6 Å². The van der Waals surface area contributed by atoms with Crippen LogP contribution in [-0.2, 0) is 14.3 Å². The van der Waals surface area contributed by atoms with Gasteiger partial charge in [0, 0.05) is 5.57 Å². The van der Waals surface area contributed by atoms with Gasteiger partial charge in [0.15, 0.2) is 0 Å². The summed E-state index contributed by atoms with van der Waals surface area (Å²) in [6.07, 6.45) is 6.42. The summed E-state index contributed by atoms with van der Waals surface area (Å²) in [6.45, 7) is 4.06. The van der Waals surface area contributed by atoms with Crippen molar-refractivity contribution < 1.29 is 14.3 Å². The van der Waals surface area contributed by atoms with Crippen LogP contribution in [0.5, 0.6) is 0 Å². The zero-order chi connectivity index (χ0) is 11.7. The molecule has 2 fully saturated rings. The minimum atomic E-state index is -0.186. The first-order chi connectivity index (χ1) is 7.61. The van der Waals surface area contributed by atoms with Crippen molar-refractivity contribution in [1.82, 2.24) is 0 Å². The topological polar surface area (TPSA) is 38.8 Å². The van der Waals surface area contributed by atoms with Gasteiger partial charge in [-0.15, -0.1) is 0 Å². The van der Waals surface area contributed by atoms with Crippen LogP contribution in [0.2, 0.25) is 0 Å². The fourth-order valence-electron chi connectivity index (χ4n) is 2.45. The first-order valence-electron chi connectivity index (χ1n) is 6.07. The minimum absolute atomic E-state index is 0.186. The standard InChI is InChI=1S/C13H20O3/c1-8(2)10(13(14)15-3)6-9-4-5-11-12(7-9)16-11/h6,8-9,11-12H,4-5,7H2,1-3H3. The Morgan fingerprint density at radius 3 is 2.69 bits per heavy atom. The highest BCUT2D eigenvalue weighted by Gasteiger charge is 2.43. The lowest BCUT2D eigenvalue weighted by Crippen LogP contribution is -2.16. The molecule has 0 aromatic rings. The third-order valence-corrected chi connectivity index (χ3v) is 3.50. The SMILES string of the molecule is COC(=O)C(=CC1CCC2OC2C1)C(C)C. The summed E-state index contributed by atoms with van der Waals surface area (Å²) in [5.74, 6) is 0.527. The normalized spacial score (nSPS) is 33.5. The zero-order valence-corrected chi connectivity index (χ0v) is 10.2. The summed E-state index contributed by atoms with van der Waals surface area (Å²) in [6, 6.07) is 0. The number of carbonyl (C=O) groups excluding carboxylic acids is 1. The number of esters is 1. The maximum absolute atomic E-state index is 11.6. The van der Waals surface area contributed by atoms with Crippen LogP contribution in [0, 0.1) is 11.8 Å².